The molecule has 0 fully saturated rings. The van der Waals surface area contributed by atoms with Crippen molar-refractivity contribution in [1.29, 1.82) is 0 Å². The minimum Gasteiger partial charge on any atom is -0.0990 e. The third kappa shape index (κ3) is 3.12. The first-order chi connectivity index (χ1) is 13.8. The summed E-state index contributed by atoms with van der Waals surface area (Å²) in [6.07, 6.45) is 14.5. The molecular formula is C27H30B2. The molecule has 0 heterocycles. The molecule has 0 aliphatic heterocycles. The molecule has 1 aliphatic rings. The molecule has 0 amide bonds. The van der Waals surface area contributed by atoms with E-state index in [1.807, 2.05) is 18.2 Å². The first-order valence-corrected chi connectivity index (χ1v) is 10.4. The Morgan fingerprint density at radius 3 is 2.21 bits per heavy atom. The Labute approximate surface area is 177 Å². The molecule has 2 aromatic rings. The third-order valence-corrected chi connectivity index (χ3v) is 6.02. The highest BCUT2D eigenvalue weighted by molar-refractivity contribution is 6.45. The van der Waals surface area contributed by atoms with Gasteiger partial charge in [-0.1, -0.05) is 94.3 Å². The first kappa shape index (κ1) is 21.0. The van der Waals surface area contributed by atoms with Gasteiger partial charge in [-0.15, -0.1) is 0 Å². The van der Waals surface area contributed by atoms with E-state index in [2.05, 4.69) is 98.7 Å². The van der Waals surface area contributed by atoms with Gasteiger partial charge in [-0.05, 0) is 67.1 Å². The minimum atomic E-state index is -0.170. The van der Waals surface area contributed by atoms with Crippen LogP contribution >= 0.6 is 0 Å². The van der Waals surface area contributed by atoms with Crippen LogP contribution in [0.4, 0.5) is 0 Å². The highest BCUT2D eigenvalue weighted by atomic mass is 14.3. The van der Waals surface area contributed by atoms with Crippen molar-refractivity contribution >= 4 is 44.2 Å². The third-order valence-electron chi connectivity index (χ3n) is 6.02. The summed E-state index contributed by atoms with van der Waals surface area (Å²) >= 11 is 0. The van der Waals surface area contributed by atoms with Gasteiger partial charge in [0.05, 0.1) is 0 Å². The summed E-state index contributed by atoms with van der Waals surface area (Å²) in [6.45, 7) is 18.8. The van der Waals surface area contributed by atoms with Crippen LogP contribution in [0.5, 0.6) is 0 Å². The molecule has 3 rings (SSSR count). The summed E-state index contributed by atoms with van der Waals surface area (Å²) < 4.78 is 0. The van der Waals surface area contributed by atoms with Gasteiger partial charge in [0.15, 0.2) is 0 Å². The Kier molecular flexibility index (Phi) is 5.75. The molecule has 0 bridgehead atoms. The van der Waals surface area contributed by atoms with E-state index in [-0.39, 0.29) is 5.21 Å². The van der Waals surface area contributed by atoms with E-state index in [1.165, 1.54) is 49.0 Å². The van der Waals surface area contributed by atoms with Gasteiger partial charge >= 0.3 is 0 Å². The van der Waals surface area contributed by atoms with Gasteiger partial charge in [0.25, 0.3) is 0 Å². The number of benzene rings is 2. The van der Waals surface area contributed by atoms with E-state index in [4.69, 9.17) is 0 Å². The molecule has 0 nitrogen and oxygen atoms in total. The quantitative estimate of drug-likeness (QED) is 0.696. The molecule has 0 aromatic heterocycles. The number of hydrogen-bond donors (Lipinski definition) is 0. The molecule has 0 atom stereocenters. The van der Waals surface area contributed by atoms with Gasteiger partial charge in [0, 0.05) is 0 Å². The summed E-state index contributed by atoms with van der Waals surface area (Å²) in [7, 11) is 4.65. The lowest BCUT2D eigenvalue weighted by molar-refractivity contribution is 0.863. The van der Waals surface area contributed by atoms with E-state index in [0.29, 0.717) is 5.92 Å². The zero-order valence-electron chi connectivity index (χ0n) is 18.5. The molecule has 2 aromatic carbocycles. The fourth-order valence-corrected chi connectivity index (χ4v) is 4.99. The Balaban J connectivity index is 2.81. The Morgan fingerprint density at radius 1 is 1.00 bits per heavy atom. The van der Waals surface area contributed by atoms with Crippen LogP contribution in [0.3, 0.4) is 0 Å². The van der Waals surface area contributed by atoms with Gasteiger partial charge in [0.2, 0.25) is 0 Å². The lowest BCUT2D eigenvalue weighted by Crippen LogP contribution is -2.44. The van der Waals surface area contributed by atoms with Crippen LogP contribution in [0.1, 0.15) is 43.4 Å². The molecule has 0 spiro atoms. The van der Waals surface area contributed by atoms with Crippen molar-refractivity contribution in [1.82, 2.24) is 0 Å². The monoisotopic (exact) mass is 376 g/mol. The molecular weight excluding hydrogens is 346 g/mol. The Hall–Kier alpha value is -2.73. The van der Waals surface area contributed by atoms with Crippen LogP contribution in [0, 0.1) is 0 Å². The van der Waals surface area contributed by atoms with E-state index in [9.17, 15) is 0 Å². The lowest BCUT2D eigenvalue weighted by Gasteiger charge is -2.37. The first-order valence-electron chi connectivity index (χ1n) is 10.4. The van der Waals surface area contributed by atoms with E-state index in [1.54, 1.807) is 0 Å². The zero-order valence-corrected chi connectivity index (χ0v) is 18.5. The molecule has 29 heavy (non-hydrogen) atoms. The van der Waals surface area contributed by atoms with E-state index < -0.39 is 0 Å². The number of rotatable bonds is 5. The SMILES string of the molecule is BC1(B)C(/C=C\C)=C(C=C)c2cccc3c(C(C)C)c(=C/C=C)/c(=C\C=C)c1c23. The number of allylic oxidation sites excluding steroid dienone is 7. The fourth-order valence-electron chi connectivity index (χ4n) is 4.99. The predicted octanol–water partition coefficient (Wildman–Crippen LogP) is 3.84. The summed E-state index contributed by atoms with van der Waals surface area (Å²) in [4.78, 5) is 0. The molecule has 2 heteroatoms. The van der Waals surface area contributed by atoms with E-state index in [0.717, 1.165) is 0 Å². The number of hydrogen-bond acceptors (Lipinski definition) is 0. The predicted molar refractivity (Wildman–Crippen MR) is 137 cm³/mol. The zero-order chi connectivity index (χ0) is 21.3. The second-order valence-corrected chi connectivity index (χ2v) is 8.46. The van der Waals surface area contributed by atoms with Crippen molar-refractivity contribution in [2.45, 2.75) is 31.9 Å². The normalized spacial score (nSPS) is 16.8. The summed E-state index contributed by atoms with van der Waals surface area (Å²) in [5.74, 6) is 0.388. The average molecular weight is 376 g/mol. The average Bonchev–Trinajstić information content (AvgIpc) is 2.67. The molecule has 0 radical (unpaired) electrons. The fraction of sp³-hybridized carbons (Fsp3) is 0.185. The molecule has 0 unspecified atom stereocenters. The Bertz CT molecular complexity index is 1200. The van der Waals surface area contributed by atoms with Crippen molar-refractivity contribution in [3.05, 3.63) is 101 Å². The molecule has 1 aliphatic carbocycles. The van der Waals surface area contributed by atoms with Gasteiger partial charge in [-0.25, -0.2) is 0 Å². The van der Waals surface area contributed by atoms with Gasteiger partial charge in [0.1, 0.15) is 15.7 Å². The smallest absolute Gasteiger partial charge is 0.0990 e. The summed E-state index contributed by atoms with van der Waals surface area (Å²) in [5.41, 5.74) is 6.53. The standard InChI is InChI=1S/C27H30B2/c1-7-12-19-21(13-8-2)26-25-20(15-11-16-22(25)24(19)17(5)6)18(10-4)23(14-9-3)27(26,28)29/h7-17H,1-2,4,28-29H2,3,5-6H3/b14-9-,19-12+,21-13+. The summed E-state index contributed by atoms with van der Waals surface area (Å²) in [6, 6.07) is 6.69. The van der Waals surface area contributed by atoms with Crippen molar-refractivity contribution in [2.75, 3.05) is 0 Å². The van der Waals surface area contributed by atoms with Gasteiger partial charge in [-0.2, -0.15) is 0 Å². The van der Waals surface area contributed by atoms with Crippen LogP contribution < -0.4 is 10.4 Å². The van der Waals surface area contributed by atoms with Crippen LogP contribution in [0.15, 0.2) is 73.9 Å². The van der Waals surface area contributed by atoms with Crippen molar-refractivity contribution in [2.24, 2.45) is 0 Å². The second-order valence-electron chi connectivity index (χ2n) is 8.46. The van der Waals surface area contributed by atoms with Gasteiger partial charge in [-0.3, -0.25) is 0 Å². The van der Waals surface area contributed by atoms with Crippen LogP contribution in [-0.4, -0.2) is 15.7 Å². The summed E-state index contributed by atoms with van der Waals surface area (Å²) in [5, 5.41) is 5.01. The van der Waals surface area contributed by atoms with Gasteiger partial charge < -0.3 is 0 Å². The molecule has 0 saturated heterocycles. The van der Waals surface area contributed by atoms with Crippen LogP contribution in [0.25, 0.3) is 28.5 Å². The Morgan fingerprint density at radius 2 is 1.66 bits per heavy atom. The lowest BCUT2D eigenvalue weighted by atomic mass is 9.44. The molecule has 144 valence electrons. The maximum Gasteiger partial charge on any atom is 0.110 e. The van der Waals surface area contributed by atoms with Crippen molar-refractivity contribution in [3.8, 4) is 0 Å². The highest BCUT2D eigenvalue weighted by Gasteiger charge is 2.35. The maximum atomic E-state index is 4.17. The molecule has 0 N–H and O–H groups in total. The van der Waals surface area contributed by atoms with E-state index >= 15 is 0 Å². The molecule has 0 saturated carbocycles. The largest absolute Gasteiger partial charge is 0.110 e. The second kappa shape index (κ2) is 7.95. The van der Waals surface area contributed by atoms with Crippen LogP contribution in [-0.2, 0) is 5.21 Å². The van der Waals surface area contributed by atoms with Crippen LogP contribution in [0.2, 0.25) is 0 Å². The minimum absolute atomic E-state index is 0.170. The van der Waals surface area contributed by atoms with Crippen molar-refractivity contribution in [3.63, 3.8) is 0 Å². The topological polar surface area (TPSA) is 0 Å². The van der Waals surface area contributed by atoms with Crippen molar-refractivity contribution < 1.29 is 0 Å². The maximum absolute atomic E-state index is 4.17. The highest BCUT2D eigenvalue weighted by Crippen LogP contribution is 2.44.